The van der Waals surface area contributed by atoms with Crippen LogP contribution in [0.15, 0.2) is 22.5 Å². The highest BCUT2D eigenvalue weighted by atomic mass is 127. The molecule has 0 bridgehead atoms. The lowest BCUT2D eigenvalue weighted by molar-refractivity contribution is -0.127. The average Bonchev–Trinajstić information content (AvgIpc) is 3.19. The van der Waals surface area contributed by atoms with Crippen LogP contribution in [0.3, 0.4) is 0 Å². The Morgan fingerprint density at radius 3 is 2.66 bits per heavy atom. The van der Waals surface area contributed by atoms with Gasteiger partial charge < -0.3 is 25.2 Å². The standard InChI is InChI=1S/C19H31N5O3S.HI/c1-4-27-19(26)24-11-8-15(9-12-24)22-18(21-14-17(25)23(2)3)20-10-7-16-6-5-13-28-16;/h5-6,13,15H,4,7-12,14H2,1-3H3,(H2,20,21,22);1H. The first-order valence-electron chi connectivity index (χ1n) is 9.68. The zero-order valence-corrected chi connectivity index (χ0v) is 20.5. The molecule has 164 valence electrons. The number of nitrogens with zero attached hydrogens (tertiary/aromatic N) is 3. The number of rotatable bonds is 7. The third-order valence-corrected chi connectivity index (χ3v) is 5.41. The Labute approximate surface area is 194 Å². The van der Waals surface area contributed by atoms with Crippen LogP contribution in [0.4, 0.5) is 4.79 Å². The summed E-state index contributed by atoms with van der Waals surface area (Å²) >= 11 is 1.73. The average molecular weight is 537 g/mol. The highest BCUT2D eigenvalue weighted by molar-refractivity contribution is 14.0. The maximum absolute atomic E-state index is 11.9. The van der Waals surface area contributed by atoms with Gasteiger partial charge >= 0.3 is 6.09 Å². The summed E-state index contributed by atoms with van der Waals surface area (Å²) in [7, 11) is 3.45. The molecule has 1 aromatic heterocycles. The summed E-state index contributed by atoms with van der Waals surface area (Å²) in [5.41, 5.74) is 0. The fourth-order valence-electron chi connectivity index (χ4n) is 2.81. The molecule has 0 spiro atoms. The fourth-order valence-corrected chi connectivity index (χ4v) is 3.52. The van der Waals surface area contributed by atoms with Crippen molar-refractivity contribution in [2.24, 2.45) is 4.99 Å². The molecular weight excluding hydrogens is 505 g/mol. The molecule has 2 amide bonds. The first kappa shape index (κ1) is 25.5. The van der Waals surface area contributed by atoms with Crippen molar-refractivity contribution in [1.82, 2.24) is 20.4 Å². The summed E-state index contributed by atoms with van der Waals surface area (Å²) in [5, 5.41) is 8.80. The van der Waals surface area contributed by atoms with Gasteiger partial charge in [-0.1, -0.05) is 6.07 Å². The van der Waals surface area contributed by atoms with Gasteiger partial charge in [0.15, 0.2) is 5.96 Å². The van der Waals surface area contributed by atoms with E-state index in [0.29, 0.717) is 25.7 Å². The number of likely N-dealkylation sites (tertiary alicyclic amines) is 1. The van der Waals surface area contributed by atoms with Gasteiger partial charge in [-0.05, 0) is 37.6 Å². The van der Waals surface area contributed by atoms with Crippen molar-refractivity contribution in [3.63, 3.8) is 0 Å². The molecule has 1 aliphatic heterocycles. The summed E-state index contributed by atoms with van der Waals surface area (Å²) in [4.78, 5) is 32.7. The number of carbonyl (C=O) groups excluding carboxylic acids is 2. The molecule has 0 unspecified atom stereocenters. The fraction of sp³-hybridized carbons (Fsp3) is 0.632. The lowest BCUT2D eigenvalue weighted by atomic mass is 10.1. The Bertz CT molecular complexity index is 646. The Kier molecular flexibility index (Phi) is 12.0. The highest BCUT2D eigenvalue weighted by Crippen LogP contribution is 2.12. The molecule has 2 heterocycles. The number of halogens is 1. The lowest BCUT2D eigenvalue weighted by Gasteiger charge is -2.32. The molecule has 2 N–H and O–H groups in total. The Morgan fingerprint density at radius 1 is 1.34 bits per heavy atom. The van der Waals surface area contributed by atoms with E-state index >= 15 is 0 Å². The number of aliphatic imine (C=N–C) groups is 1. The summed E-state index contributed by atoms with van der Waals surface area (Å²) in [6.07, 6.45) is 2.28. The minimum Gasteiger partial charge on any atom is -0.450 e. The molecule has 0 aliphatic carbocycles. The molecule has 0 aromatic carbocycles. The number of likely N-dealkylation sites (N-methyl/N-ethyl adjacent to an activating group) is 1. The number of thiophene rings is 1. The molecular formula is C19H32IN5O3S. The smallest absolute Gasteiger partial charge is 0.409 e. The predicted octanol–water partition coefficient (Wildman–Crippen LogP) is 2.15. The van der Waals surface area contributed by atoms with E-state index in [4.69, 9.17) is 4.74 Å². The number of carbonyl (C=O) groups is 2. The third-order valence-electron chi connectivity index (χ3n) is 4.48. The van der Waals surface area contributed by atoms with Crippen LogP contribution in [-0.2, 0) is 16.0 Å². The molecule has 0 atom stereocenters. The zero-order chi connectivity index (χ0) is 20.4. The summed E-state index contributed by atoms with van der Waals surface area (Å²) in [5.74, 6) is 0.595. The number of hydrogen-bond donors (Lipinski definition) is 2. The van der Waals surface area contributed by atoms with Crippen molar-refractivity contribution in [2.75, 3.05) is 46.9 Å². The molecule has 10 heteroatoms. The number of nitrogens with one attached hydrogen (secondary N) is 2. The zero-order valence-electron chi connectivity index (χ0n) is 17.3. The van der Waals surface area contributed by atoms with Gasteiger partial charge in [0.1, 0.15) is 6.54 Å². The second-order valence-electron chi connectivity index (χ2n) is 6.81. The number of hydrogen-bond acceptors (Lipinski definition) is 5. The molecule has 0 saturated carbocycles. The van der Waals surface area contributed by atoms with Crippen LogP contribution in [0, 0.1) is 0 Å². The van der Waals surface area contributed by atoms with E-state index in [0.717, 1.165) is 25.8 Å². The summed E-state index contributed by atoms with van der Waals surface area (Å²) in [6, 6.07) is 4.35. The summed E-state index contributed by atoms with van der Waals surface area (Å²) < 4.78 is 5.06. The van der Waals surface area contributed by atoms with Crippen LogP contribution in [0.2, 0.25) is 0 Å². The first-order chi connectivity index (χ1) is 13.5. The maximum atomic E-state index is 11.9. The van der Waals surface area contributed by atoms with Crippen molar-refractivity contribution in [3.8, 4) is 0 Å². The molecule has 1 saturated heterocycles. The van der Waals surface area contributed by atoms with E-state index in [2.05, 4.69) is 27.1 Å². The summed E-state index contributed by atoms with van der Waals surface area (Å²) in [6.45, 7) is 4.34. The van der Waals surface area contributed by atoms with E-state index in [9.17, 15) is 9.59 Å². The van der Waals surface area contributed by atoms with Crippen LogP contribution >= 0.6 is 35.3 Å². The highest BCUT2D eigenvalue weighted by Gasteiger charge is 2.24. The van der Waals surface area contributed by atoms with E-state index in [-0.39, 0.29) is 48.6 Å². The van der Waals surface area contributed by atoms with Crippen molar-refractivity contribution in [2.45, 2.75) is 32.2 Å². The van der Waals surface area contributed by atoms with Gasteiger partial charge in [-0.3, -0.25) is 4.79 Å². The molecule has 1 fully saturated rings. The van der Waals surface area contributed by atoms with Gasteiger partial charge in [0.05, 0.1) is 6.61 Å². The van der Waals surface area contributed by atoms with Gasteiger partial charge in [-0.15, -0.1) is 35.3 Å². The van der Waals surface area contributed by atoms with Crippen molar-refractivity contribution in [3.05, 3.63) is 22.4 Å². The molecule has 1 aromatic rings. The normalized spacial score (nSPS) is 14.7. The van der Waals surface area contributed by atoms with Crippen LogP contribution < -0.4 is 10.6 Å². The second-order valence-corrected chi connectivity index (χ2v) is 7.85. The van der Waals surface area contributed by atoms with Gasteiger partial charge in [0.25, 0.3) is 0 Å². The third kappa shape index (κ3) is 9.20. The monoisotopic (exact) mass is 537 g/mol. The van der Waals surface area contributed by atoms with Gasteiger partial charge in [0, 0.05) is 44.6 Å². The molecule has 8 nitrogen and oxygen atoms in total. The van der Waals surface area contributed by atoms with Crippen molar-refractivity contribution in [1.29, 1.82) is 0 Å². The van der Waals surface area contributed by atoms with Gasteiger partial charge in [-0.2, -0.15) is 0 Å². The van der Waals surface area contributed by atoms with Crippen LogP contribution in [-0.4, -0.2) is 80.7 Å². The second kappa shape index (κ2) is 13.6. The van der Waals surface area contributed by atoms with Crippen LogP contribution in [0.1, 0.15) is 24.6 Å². The van der Waals surface area contributed by atoms with Crippen molar-refractivity contribution < 1.29 is 14.3 Å². The van der Waals surface area contributed by atoms with E-state index < -0.39 is 0 Å². The minimum atomic E-state index is -0.250. The molecule has 1 aliphatic rings. The number of amides is 2. The van der Waals surface area contributed by atoms with Crippen LogP contribution in [0.25, 0.3) is 0 Å². The molecule has 0 radical (unpaired) electrons. The van der Waals surface area contributed by atoms with Crippen LogP contribution in [0.5, 0.6) is 0 Å². The van der Waals surface area contributed by atoms with Gasteiger partial charge in [-0.25, -0.2) is 9.79 Å². The Hall–Kier alpha value is -1.56. The van der Waals surface area contributed by atoms with Crippen molar-refractivity contribution >= 4 is 53.3 Å². The number of piperidine rings is 1. The predicted molar refractivity (Wildman–Crippen MR) is 127 cm³/mol. The number of ether oxygens (including phenoxy) is 1. The van der Waals surface area contributed by atoms with E-state index in [1.807, 2.05) is 13.0 Å². The van der Waals surface area contributed by atoms with Gasteiger partial charge in [0.2, 0.25) is 5.91 Å². The van der Waals surface area contributed by atoms with E-state index in [1.165, 1.54) is 9.78 Å². The lowest BCUT2D eigenvalue weighted by Crippen LogP contribution is -2.50. The quantitative estimate of drug-likeness (QED) is 0.317. The Balaban J connectivity index is 0.00000420. The van der Waals surface area contributed by atoms with E-state index in [1.54, 1.807) is 30.3 Å². The SMILES string of the molecule is CCOC(=O)N1CCC(NC(=NCC(=O)N(C)C)NCCc2cccs2)CC1.I. The topological polar surface area (TPSA) is 86.3 Å². The maximum Gasteiger partial charge on any atom is 0.409 e. The first-order valence-corrected chi connectivity index (χ1v) is 10.6. The molecule has 2 rings (SSSR count). The minimum absolute atomic E-state index is 0. The molecule has 29 heavy (non-hydrogen) atoms. The number of guanidine groups is 1. The largest absolute Gasteiger partial charge is 0.450 e. The Morgan fingerprint density at radius 2 is 2.07 bits per heavy atom.